The highest BCUT2D eigenvalue weighted by Gasteiger charge is 2.13. The molecule has 88 valence electrons. The van der Waals surface area contributed by atoms with Crippen molar-refractivity contribution in [3.8, 4) is 22.6 Å². The van der Waals surface area contributed by atoms with Gasteiger partial charge in [0.1, 0.15) is 11.6 Å². The molecule has 0 bridgehead atoms. The Morgan fingerprint density at radius 2 is 1.82 bits per heavy atom. The maximum Gasteiger partial charge on any atom is 0.172 e. The van der Waals surface area contributed by atoms with Gasteiger partial charge in [-0.25, -0.2) is 8.78 Å². The number of rotatable bonds is 2. The molecule has 0 spiro atoms. The normalized spacial score (nSPS) is 10.3. The van der Waals surface area contributed by atoms with Crippen LogP contribution in [0.5, 0.6) is 11.5 Å². The number of phenols is 1. The molecule has 0 aliphatic rings. The maximum absolute atomic E-state index is 13.9. The van der Waals surface area contributed by atoms with Crippen molar-refractivity contribution in [1.29, 1.82) is 0 Å². The lowest BCUT2D eigenvalue weighted by Crippen LogP contribution is -1.92. The van der Waals surface area contributed by atoms with E-state index in [9.17, 15) is 13.9 Å². The summed E-state index contributed by atoms with van der Waals surface area (Å²) in [4.78, 5) is 0. The largest absolute Gasteiger partial charge is 0.507 e. The monoisotopic (exact) mass is 236 g/mol. The van der Waals surface area contributed by atoms with E-state index in [2.05, 4.69) is 0 Å². The highest BCUT2D eigenvalue weighted by molar-refractivity contribution is 5.71. The van der Waals surface area contributed by atoms with Gasteiger partial charge < -0.3 is 9.84 Å². The van der Waals surface area contributed by atoms with E-state index in [0.29, 0.717) is 0 Å². The van der Waals surface area contributed by atoms with Gasteiger partial charge in [0, 0.05) is 11.1 Å². The van der Waals surface area contributed by atoms with Crippen molar-refractivity contribution in [2.75, 3.05) is 7.11 Å². The van der Waals surface area contributed by atoms with Crippen molar-refractivity contribution in [1.82, 2.24) is 0 Å². The van der Waals surface area contributed by atoms with Crippen LogP contribution in [0.25, 0.3) is 11.1 Å². The van der Waals surface area contributed by atoms with Gasteiger partial charge in [-0.05, 0) is 24.3 Å². The van der Waals surface area contributed by atoms with E-state index in [1.165, 1.54) is 25.3 Å². The summed E-state index contributed by atoms with van der Waals surface area (Å²) in [6, 6.07) is 7.84. The first-order chi connectivity index (χ1) is 8.13. The van der Waals surface area contributed by atoms with Crippen LogP contribution in [-0.4, -0.2) is 12.2 Å². The third-order valence-corrected chi connectivity index (χ3v) is 2.43. The average molecular weight is 236 g/mol. The number of phenolic OH excluding ortho intramolecular Hbond substituents is 1. The molecule has 0 unspecified atom stereocenters. The zero-order chi connectivity index (χ0) is 12.4. The first kappa shape index (κ1) is 11.4. The fourth-order valence-corrected chi connectivity index (χ4v) is 1.60. The van der Waals surface area contributed by atoms with E-state index in [4.69, 9.17) is 4.74 Å². The van der Waals surface area contributed by atoms with Gasteiger partial charge in [-0.1, -0.05) is 12.1 Å². The molecule has 1 N–H and O–H groups in total. The molecule has 0 radical (unpaired) electrons. The summed E-state index contributed by atoms with van der Waals surface area (Å²) in [5.41, 5.74) is 0.197. The molecule has 0 aliphatic carbocycles. The van der Waals surface area contributed by atoms with Crippen LogP contribution in [-0.2, 0) is 0 Å². The molecular formula is C13H10F2O2. The Labute approximate surface area is 97.1 Å². The molecule has 0 saturated carbocycles. The van der Waals surface area contributed by atoms with Crippen LogP contribution < -0.4 is 4.74 Å². The Balaban J connectivity index is 2.64. The first-order valence-corrected chi connectivity index (χ1v) is 4.95. The SMILES string of the molecule is COc1cccc(-c2cc(F)ccc2O)c1F. The summed E-state index contributed by atoms with van der Waals surface area (Å²) in [7, 11) is 1.34. The lowest BCUT2D eigenvalue weighted by molar-refractivity contribution is 0.387. The van der Waals surface area contributed by atoms with Crippen LogP contribution in [0.2, 0.25) is 0 Å². The summed E-state index contributed by atoms with van der Waals surface area (Å²) >= 11 is 0. The van der Waals surface area contributed by atoms with Crippen molar-refractivity contribution >= 4 is 0 Å². The summed E-state index contributed by atoms with van der Waals surface area (Å²) < 4.78 is 31.8. The molecule has 0 saturated heterocycles. The average Bonchev–Trinajstić information content (AvgIpc) is 2.33. The lowest BCUT2D eigenvalue weighted by atomic mass is 10.0. The van der Waals surface area contributed by atoms with E-state index in [-0.39, 0.29) is 22.6 Å². The van der Waals surface area contributed by atoms with Gasteiger partial charge in [0.05, 0.1) is 7.11 Å². The Bertz CT molecular complexity index is 553. The molecule has 17 heavy (non-hydrogen) atoms. The highest BCUT2D eigenvalue weighted by Crippen LogP contribution is 2.34. The summed E-state index contributed by atoms with van der Waals surface area (Å²) in [5, 5.41) is 9.60. The second-order valence-corrected chi connectivity index (χ2v) is 3.48. The maximum atomic E-state index is 13.9. The molecule has 2 aromatic rings. The molecule has 0 atom stereocenters. The summed E-state index contributed by atoms with van der Waals surface area (Å²) in [6.07, 6.45) is 0. The zero-order valence-corrected chi connectivity index (χ0v) is 9.08. The molecule has 2 aromatic carbocycles. The molecule has 2 rings (SSSR count). The molecule has 0 amide bonds. The molecule has 0 aromatic heterocycles. The molecule has 0 fully saturated rings. The summed E-state index contributed by atoms with van der Waals surface area (Å²) in [5.74, 6) is -1.30. The van der Waals surface area contributed by atoms with Gasteiger partial charge in [0.2, 0.25) is 0 Å². The molecular weight excluding hydrogens is 226 g/mol. The predicted octanol–water partition coefficient (Wildman–Crippen LogP) is 3.35. The van der Waals surface area contributed by atoms with Gasteiger partial charge in [-0.3, -0.25) is 0 Å². The van der Waals surface area contributed by atoms with Crippen LogP contribution >= 0.6 is 0 Å². The number of methoxy groups -OCH3 is 1. The summed E-state index contributed by atoms with van der Waals surface area (Å²) in [6.45, 7) is 0. The Kier molecular flexibility index (Phi) is 2.95. The van der Waals surface area contributed by atoms with Crippen molar-refractivity contribution in [3.05, 3.63) is 48.0 Å². The van der Waals surface area contributed by atoms with Gasteiger partial charge in [-0.2, -0.15) is 0 Å². The smallest absolute Gasteiger partial charge is 0.172 e. The van der Waals surface area contributed by atoms with Crippen LogP contribution in [0.4, 0.5) is 8.78 Å². The topological polar surface area (TPSA) is 29.5 Å². The fourth-order valence-electron chi connectivity index (χ4n) is 1.60. The van der Waals surface area contributed by atoms with E-state index in [1.807, 2.05) is 0 Å². The zero-order valence-electron chi connectivity index (χ0n) is 9.08. The van der Waals surface area contributed by atoms with E-state index in [1.54, 1.807) is 6.07 Å². The standard InChI is InChI=1S/C13H10F2O2/c1-17-12-4-2-3-9(13(12)15)10-7-8(14)5-6-11(10)16/h2-7,16H,1H3. The minimum Gasteiger partial charge on any atom is -0.507 e. The number of hydrogen-bond donors (Lipinski definition) is 1. The van der Waals surface area contributed by atoms with Crippen LogP contribution in [0.1, 0.15) is 0 Å². The minimum absolute atomic E-state index is 0.0474. The molecule has 0 heterocycles. The van der Waals surface area contributed by atoms with E-state index in [0.717, 1.165) is 12.1 Å². The van der Waals surface area contributed by atoms with Crippen LogP contribution in [0, 0.1) is 11.6 Å². The van der Waals surface area contributed by atoms with Crippen molar-refractivity contribution in [2.24, 2.45) is 0 Å². The fraction of sp³-hybridized carbons (Fsp3) is 0.0769. The second-order valence-electron chi connectivity index (χ2n) is 3.48. The van der Waals surface area contributed by atoms with Crippen LogP contribution in [0.3, 0.4) is 0 Å². The minimum atomic E-state index is -0.629. The van der Waals surface area contributed by atoms with Gasteiger partial charge in [-0.15, -0.1) is 0 Å². The number of hydrogen-bond acceptors (Lipinski definition) is 2. The molecule has 2 nitrogen and oxygen atoms in total. The number of ether oxygens (including phenoxy) is 1. The first-order valence-electron chi connectivity index (χ1n) is 4.95. The molecule has 0 aliphatic heterocycles. The number of benzene rings is 2. The van der Waals surface area contributed by atoms with E-state index < -0.39 is 11.6 Å². The Morgan fingerprint density at radius 1 is 1.06 bits per heavy atom. The van der Waals surface area contributed by atoms with Gasteiger partial charge in [0.15, 0.2) is 11.6 Å². The third kappa shape index (κ3) is 2.06. The van der Waals surface area contributed by atoms with Gasteiger partial charge in [0.25, 0.3) is 0 Å². The Morgan fingerprint density at radius 3 is 2.53 bits per heavy atom. The van der Waals surface area contributed by atoms with E-state index >= 15 is 0 Å². The third-order valence-electron chi connectivity index (χ3n) is 2.43. The van der Waals surface area contributed by atoms with Gasteiger partial charge >= 0.3 is 0 Å². The van der Waals surface area contributed by atoms with Crippen LogP contribution in [0.15, 0.2) is 36.4 Å². The number of halogens is 2. The number of aromatic hydroxyl groups is 1. The highest BCUT2D eigenvalue weighted by atomic mass is 19.1. The Hall–Kier alpha value is -2.10. The predicted molar refractivity (Wildman–Crippen MR) is 60.0 cm³/mol. The quantitative estimate of drug-likeness (QED) is 0.866. The van der Waals surface area contributed by atoms with Crippen molar-refractivity contribution in [3.63, 3.8) is 0 Å². The lowest BCUT2D eigenvalue weighted by Gasteiger charge is -2.09. The van der Waals surface area contributed by atoms with Crippen molar-refractivity contribution < 1.29 is 18.6 Å². The second kappa shape index (κ2) is 4.41. The van der Waals surface area contributed by atoms with Crippen molar-refractivity contribution in [2.45, 2.75) is 0 Å². The molecule has 4 heteroatoms.